The number of hydrogen-bond donors (Lipinski definition) is 3. The summed E-state index contributed by atoms with van der Waals surface area (Å²) in [6.45, 7) is 7.06. The molecule has 20 heavy (non-hydrogen) atoms. The number of aliphatic carboxylic acids is 1. The molecule has 0 saturated heterocycles. The monoisotopic (exact) mass is 284 g/mol. The Hall–Kier alpha value is -1.66. The highest BCUT2D eigenvalue weighted by molar-refractivity contribution is 5.75. The lowest BCUT2D eigenvalue weighted by atomic mass is 10.1. The molecule has 6 heteroatoms. The van der Waals surface area contributed by atoms with Gasteiger partial charge in [0.05, 0.1) is 0 Å². The number of benzene rings is 1. The van der Waals surface area contributed by atoms with Crippen LogP contribution >= 0.6 is 0 Å². The maximum atomic E-state index is 13.3. The highest BCUT2D eigenvalue weighted by Crippen LogP contribution is 2.21. The van der Waals surface area contributed by atoms with Crippen molar-refractivity contribution in [1.82, 2.24) is 10.2 Å². The minimum absolute atomic E-state index is 0.285. The van der Waals surface area contributed by atoms with Crippen molar-refractivity contribution in [3.05, 3.63) is 29.6 Å². The molecule has 0 fully saturated rings. The van der Waals surface area contributed by atoms with Gasteiger partial charge >= 0.3 is 5.97 Å². The summed E-state index contributed by atoms with van der Waals surface area (Å²) in [5.41, 5.74) is 0.285. The molecule has 3 N–H and O–H groups in total. The Bertz CT molecular complexity index is 450. The second kappa shape index (κ2) is 7.81. The predicted molar refractivity (Wildman–Crippen MR) is 74.2 cm³/mol. The lowest BCUT2D eigenvalue weighted by Crippen LogP contribution is -2.36. The number of aromatic hydroxyl groups is 1. The Kier molecular flexibility index (Phi) is 6.41. The van der Waals surface area contributed by atoms with Crippen LogP contribution in [0.2, 0.25) is 0 Å². The number of rotatable bonds is 8. The fourth-order valence-corrected chi connectivity index (χ4v) is 1.96. The summed E-state index contributed by atoms with van der Waals surface area (Å²) in [7, 11) is 0. The summed E-state index contributed by atoms with van der Waals surface area (Å²) >= 11 is 0. The van der Waals surface area contributed by atoms with E-state index in [4.69, 9.17) is 5.11 Å². The van der Waals surface area contributed by atoms with E-state index in [1.807, 2.05) is 13.8 Å². The van der Waals surface area contributed by atoms with Gasteiger partial charge in [-0.25, -0.2) is 4.39 Å². The van der Waals surface area contributed by atoms with Gasteiger partial charge in [0, 0.05) is 13.1 Å². The zero-order chi connectivity index (χ0) is 15.1. The lowest BCUT2D eigenvalue weighted by Gasteiger charge is -2.20. The molecule has 1 rings (SSSR count). The van der Waals surface area contributed by atoms with Crippen molar-refractivity contribution in [3.63, 3.8) is 0 Å². The van der Waals surface area contributed by atoms with Crippen LogP contribution in [0, 0.1) is 5.82 Å². The van der Waals surface area contributed by atoms with Crippen molar-refractivity contribution in [3.8, 4) is 5.75 Å². The number of carboxylic acid groups (broad SMARTS) is 1. The molecule has 0 bridgehead atoms. The average molecular weight is 284 g/mol. The van der Waals surface area contributed by atoms with Gasteiger partial charge in [0.1, 0.15) is 6.04 Å². The van der Waals surface area contributed by atoms with Crippen molar-refractivity contribution in [2.45, 2.75) is 19.9 Å². The number of nitrogens with one attached hydrogen (secondary N) is 1. The van der Waals surface area contributed by atoms with E-state index in [0.29, 0.717) is 6.54 Å². The lowest BCUT2D eigenvalue weighted by molar-refractivity contribution is -0.139. The molecule has 0 spiro atoms. The van der Waals surface area contributed by atoms with E-state index in [-0.39, 0.29) is 5.56 Å². The fourth-order valence-electron chi connectivity index (χ4n) is 1.96. The van der Waals surface area contributed by atoms with E-state index >= 15 is 0 Å². The largest absolute Gasteiger partial charge is 0.505 e. The molecule has 0 aliphatic carbocycles. The van der Waals surface area contributed by atoms with Gasteiger partial charge in [0.2, 0.25) is 0 Å². The van der Waals surface area contributed by atoms with E-state index in [1.165, 1.54) is 6.07 Å². The summed E-state index contributed by atoms with van der Waals surface area (Å²) in [6, 6.07) is 2.62. The third-order valence-corrected chi connectivity index (χ3v) is 3.22. The van der Waals surface area contributed by atoms with Crippen LogP contribution in [-0.2, 0) is 4.79 Å². The first kappa shape index (κ1) is 16.4. The van der Waals surface area contributed by atoms with Gasteiger partial charge in [-0.1, -0.05) is 19.9 Å². The van der Waals surface area contributed by atoms with Crippen LogP contribution in [0.1, 0.15) is 25.5 Å². The maximum absolute atomic E-state index is 13.3. The van der Waals surface area contributed by atoms with Crippen LogP contribution in [-0.4, -0.2) is 47.3 Å². The van der Waals surface area contributed by atoms with Crippen molar-refractivity contribution >= 4 is 5.97 Å². The van der Waals surface area contributed by atoms with Crippen LogP contribution in [0.15, 0.2) is 18.2 Å². The number of likely N-dealkylation sites (N-methyl/N-ethyl adjacent to an activating group) is 1. The summed E-state index contributed by atoms with van der Waals surface area (Å²) in [5.74, 6) is -2.38. The third-order valence-electron chi connectivity index (χ3n) is 3.22. The van der Waals surface area contributed by atoms with Crippen LogP contribution in [0.3, 0.4) is 0 Å². The quantitative estimate of drug-likeness (QED) is 0.676. The molecule has 1 aromatic rings. The molecule has 0 radical (unpaired) electrons. The SMILES string of the molecule is CCN(CC)CCNC(C(=O)O)c1ccc(O)c(F)c1. The van der Waals surface area contributed by atoms with Gasteiger partial charge in [0.15, 0.2) is 11.6 Å². The first-order valence-electron chi connectivity index (χ1n) is 6.66. The molecule has 0 aliphatic heterocycles. The topological polar surface area (TPSA) is 72.8 Å². The molecule has 0 aliphatic rings. The Morgan fingerprint density at radius 1 is 1.40 bits per heavy atom. The summed E-state index contributed by atoms with van der Waals surface area (Å²) < 4.78 is 13.3. The maximum Gasteiger partial charge on any atom is 0.325 e. The summed E-state index contributed by atoms with van der Waals surface area (Å²) in [6.07, 6.45) is 0. The van der Waals surface area contributed by atoms with Crippen LogP contribution < -0.4 is 5.32 Å². The minimum Gasteiger partial charge on any atom is -0.505 e. The second-order valence-corrected chi connectivity index (χ2v) is 4.46. The van der Waals surface area contributed by atoms with Crippen molar-refractivity contribution < 1.29 is 19.4 Å². The number of carboxylic acids is 1. The molecular weight excluding hydrogens is 263 g/mol. The van der Waals surface area contributed by atoms with Gasteiger partial charge in [-0.2, -0.15) is 0 Å². The van der Waals surface area contributed by atoms with Gasteiger partial charge < -0.3 is 15.1 Å². The number of nitrogens with zero attached hydrogens (tertiary/aromatic N) is 1. The van der Waals surface area contributed by atoms with E-state index in [2.05, 4.69) is 10.2 Å². The van der Waals surface area contributed by atoms with Crippen molar-refractivity contribution in [1.29, 1.82) is 0 Å². The molecule has 1 atom stereocenters. The zero-order valence-corrected chi connectivity index (χ0v) is 11.8. The Morgan fingerprint density at radius 3 is 2.55 bits per heavy atom. The van der Waals surface area contributed by atoms with Gasteiger partial charge in [-0.15, -0.1) is 0 Å². The molecular formula is C14H21FN2O3. The van der Waals surface area contributed by atoms with Crippen LogP contribution in [0.5, 0.6) is 5.75 Å². The molecule has 0 amide bonds. The minimum atomic E-state index is -1.07. The highest BCUT2D eigenvalue weighted by Gasteiger charge is 2.20. The Balaban J connectivity index is 2.69. The molecule has 5 nitrogen and oxygen atoms in total. The van der Waals surface area contributed by atoms with E-state index in [0.717, 1.165) is 31.8 Å². The third kappa shape index (κ3) is 4.47. The first-order chi connectivity index (χ1) is 9.49. The van der Waals surface area contributed by atoms with Crippen LogP contribution in [0.25, 0.3) is 0 Å². The van der Waals surface area contributed by atoms with Crippen molar-refractivity contribution in [2.75, 3.05) is 26.2 Å². The van der Waals surface area contributed by atoms with E-state index in [1.54, 1.807) is 0 Å². The predicted octanol–water partition coefficient (Wildman–Crippen LogP) is 1.59. The number of carbonyl (C=O) groups is 1. The molecule has 0 aromatic heterocycles. The Labute approximate surface area is 118 Å². The average Bonchev–Trinajstić information content (AvgIpc) is 2.42. The standard InChI is InChI=1S/C14H21FN2O3/c1-3-17(4-2)8-7-16-13(14(19)20)10-5-6-12(18)11(15)9-10/h5-6,9,13,16,18H,3-4,7-8H2,1-2H3,(H,19,20). The number of hydrogen-bond acceptors (Lipinski definition) is 4. The van der Waals surface area contributed by atoms with Crippen molar-refractivity contribution in [2.24, 2.45) is 0 Å². The van der Waals surface area contributed by atoms with Gasteiger partial charge in [0.25, 0.3) is 0 Å². The fraction of sp³-hybridized carbons (Fsp3) is 0.500. The van der Waals surface area contributed by atoms with Gasteiger partial charge in [-0.05, 0) is 30.8 Å². The van der Waals surface area contributed by atoms with E-state index in [9.17, 15) is 14.3 Å². The Morgan fingerprint density at radius 2 is 2.05 bits per heavy atom. The zero-order valence-electron chi connectivity index (χ0n) is 11.8. The normalized spacial score (nSPS) is 12.6. The molecule has 0 saturated carbocycles. The number of phenolic OH excluding ortho intramolecular Hbond substituents is 1. The summed E-state index contributed by atoms with van der Waals surface area (Å²) in [5, 5.41) is 21.2. The second-order valence-electron chi connectivity index (χ2n) is 4.46. The first-order valence-corrected chi connectivity index (χ1v) is 6.66. The highest BCUT2D eigenvalue weighted by atomic mass is 19.1. The van der Waals surface area contributed by atoms with Crippen LogP contribution in [0.4, 0.5) is 4.39 Å². The van der Waals surface area contributed by atoms with E-state index < -0.39 is 23.6 Å². The number of halogens is 1. The smallest absolute Gasteiger partial charge is 0.325 e. The van der Waals surface area contributed by atoms with Gasteiger partial charge in [-0.3, -0.25) is 10.1 Å². The number of phenols is 1. The molecule has 1 aromatic carbocycles. The molecule has 112 valence electrons. The molecule has 0 heterocycles. The summed E-state index contributed by atoms with van der Waals surface area (Å²) in [4.78, 5) is 13.4. The molecule has 1 unspecified atom stereocenters.